The molecule has 0 bridgehead atoms. The van der Waals surface area contributed by atoms with Crippen LogP contribution in [0.3, 0.4) is 0 Å². The van der Waals surface area contributed by atoms with Crippen LogP contribution in [0.2, 0.25) is 0 Å². The number of nitrogens with one attached hydrogen (secondary N) is 1. The van der Waals surface area contributed by atoms with Gasteiger partial charge in [-0.25, -0.2) is 9.18 Å². The van der Waals surface area contributed by atoms with E-state index in [0.717, 1.165) is 38.9 Å². The van der Waals surface area contributed by atoms with E-state index >= 15 is 0 Å². The number of urea groups is 1. The highest BCUT2D eigenvalue weighted by Gasteiger charge is 2.30. The summed E-state index contributed by atoms with van der Waals surface area (Å²) in [5.41, 5.74) is 0.582. The van der Waals surface area contributed by atoms with E-state index < -0.39 is 0 Å². The predicted molar refractivity (Wildman–Crippen MR) is 96.9 cm³/mol. The Hall–Kier alpha value is -1.66. The standard InChI is InChI=1S/C19H29FN4O/c1-22-10-11-23(2)17(14-22)12-21-19(25)24(16-7-5-8-16)13-15-6-3-4-9-18(15)20/h3-4,6,9,16-17H,5,7-8,10-14H2,1-2H3,(H,21,25)/t17-/m0/s1. The first-order chi connectivity index (χ1) is 12.0. The molecule has 2 amide bonds. The topological polar surface area (TPSA) is 38.8 Å². The Bertz CT molecular complexity index is 593. The summed E-state index contributed by atoms with van der Waals surface area (Å²) in [6.45, 7) is 3.98. The Morgan fingerprint density at radius 3 is 2.72 bits per heavy atom. The summed E-state index contributed by atoms with van der Waals surface area (Å²) >= 11 is 0. The number of amides is 2. The van der Waals surface area contributed by atoms with Crippen LogP contribution in [0.25, 0.3) is 0 Å². The third-order valence-electron chi connectivity index (χ3n) is 5.54. The van der Waals surface area contributed by atoms with Gasteiger partial charge in [0.25, 0.3) is 0 Å². The number of carbonyl (C=O) groups excluding carboxylic acids is 1. The van der Waals surface area contributed by atoms with Crippen LogP contribution in [0.15, 0.2) is 24.3 Å². The van der Waals surface area contributed by atoms with Crippen molar-refractivity contribution in [1.82, 2.24) is 20.0 Å². The zero-order valence-corrected chi connectivity index (χ0v) is 15.2. The Balaban J connectivity index is 1.60. The first-order valence-corrected chi connectivity index (χ1v) is 9.21. The number of nitrogens with zero attached hydrogens (tertiary/aromatic N) is 3. The summed E-state index contributed by atoms with van der Waals surface area (Å²) in [5, 5.41) is 3.09. The lowest BCUT2D eigenvalue weighted by Crippen LogP contribution is -2.56. The largest absolute Gasteiger partial charge is 0.336 e. The van der Waals surface area contributed by atoms with Crippen molar-refractivity contribution < 1.29 is 9.18 Å². The van der Waals surface area contributed by atoms with Gasteiger partial charge in [-0.2, -0.15) is 0 Å². The molecule has 0 spiro atoms. The molecule has 0 unspecified atom stereocenters. The minimum absolute atomic E-state index is 0.0745. The van der Waals surface area contributed by atoms with Gasteiger partial charge in [0.05, 0.1) is 6.54 Å². The van der Waals surface area contributed by atoms with Crippen LogP contribution >= 0.6 is 0 Å². The lowest BCUT2D eigenvalue weighted by Gasteiger charge is -2.40. The molecule has 1 atom stereocenters. The summed E-state index contributed by atoms with van der Waals surface area (Å²) in [4.78, 5) is 19.2. The Labute approximate surface area is 149 Å². The minimum Gasteiger partial charge on any atom is -0.336 e. The first kappa shape index (κ1) is 18.1. The van der Waals surface area contributed by atoms with Crippen LogP contribution in [-0.2, 0) is 6.54 Å². The minimum atomic E-state index is -0.242. The molecule has 3 rings (SSSR count). The second kappa shape index (κ2) is 8.15. The van der Waals surface area contributed by atoms with Crippen molar-refractivity contribution in [3.05, 3.63) is 35.6 Å². The molecule has 0 radical (unpaired) electrons. The molecule has 138 valence electrons. The summed E-state index contributed by atoms with van der Waals surface area (Å²) in [6.07, 6.45) is 3.16. The molecular weight excluding hydrogens is 319 g/mol. The fourth-order valence-corrected chi connectivity index (χ4v) is 3.50. The summed E-state index contributed by atoms with van der Waals surface area (Å²) in [5.74, 6) is -0.242. The average Bonchev–Trinajstić information content (AvgIpc) is 2.55. The summed E-state index contributed by atoms with van der Waals surface area (Å²) in [6, 6.07) is 7.20. The number of halogens is 1. The molecule has 6 heteroatoms. The number of benzene rings is 1. The number of likely N-dealkylation sites (N-methyl/N-ethyl adjacent to an activating group) is 2. The molecular formula is C19H29FN4O. The van der Waals surface area contributed by atoms with E-state index in [9.17, 15) is 9.18 Å². The number of carbonyl (C=O) groups is 1. The van der Waals surface area contributed by atoms with Gasteiger partial charge in [0, 0.05) is 43.8 Å². The highest BCUT2D eigenvalue weighted by Crippen LogP contribution is 2.27. The molecule has 2 aliphatic rings. The normalized spacial score (nSPS) is 22.4. The van der Waals surface area contributed by atoms with Crippen LogP contribution in [0.1, 0.15) is 24.8 Å². The van der Waals surface area contributed by atoms with E-state index in [2.05, 4.69) is 29.2 Å². The lowest BCUT2D eigenvalue weighted by molar-refractivity contribution is 0.105. The number of piperazine rings is 1. The van der Waals surface area contributed by atoms with E-state index in [4.69, 9.17) is 0 Å². The summed E-state index contributed by atoms with van der Waals surface area (Å²) < 4.78 is 14.0. The van der Waals surface area contributed by atoms with Gasteiger partial charge in [-0.1, -0.05) is 18.2 Å². The van der Waals surface area contributed by atoms with Crippen molar-refractivity contribution in [3.63, 3.8) is 0 Å². The van der Waals surface area contributed by atoms with Crippen molar-refractivity contribution in [2.24, 2.45) is 0 Å². The molecule has 1 saturated heterocycles. The smallest absolute Gasteiger partial charge is 0.318 e. The number of hydrogen-bond donors (Lipinski definition) is 1. The maximum atomic E-state index is 14.0. The number of hydrogen-bond acceptors (Lipinski definition) is 3. The Morgan fingerprint density at radius 2 is 2.04 bits per heavy atom. The monoisotopic (exact) mass is 348 g/mol. The molecule has 0 aromatic heterocycles. The molecule has 25 heavy (non-hydrogen) atoms. The SMILES string of the molecule is CN1CCN(C)[C@@H](CNC(=O)N(Cc2ccccc2F)C2CCC2)C1. The molecule has 1 heterocycles. The summed E-state index contributed by atoms with van der Waals surface area (Å²) in [7, 11) is 4.22. The van der Waals surface area contributed by atoms with E-state index in [1.54, 1.807) is 12.1 Å². The van der Waals surface area contributed by atoms with Crippen molar-refractivity contribution >= 4 is 6.03 Å². The number of rotatable bonds is 5. The zero-order chi connectivity index (χ0) is 17.8. The molecule has 2 fully saturated rings. The van der Waals surface area contributed by atoms with Gasteiger partial charge in [0.15, 0.2) is 0 Å². The van der Waals surface area contributed by atoms with Gasteiger partial charge in [-0.3, -0.25) is 4.90 Å². The van der Waals surface area contributed by atoms with Gasteiger partial charge in [-0.15, -0.1) is 0 Å². The average molecular weight is 348 g/mol. The van der Waals surface area contributed by atoms with E-state index in [-0.39, 0.29) is 17.9 Å². The van der Waals surface area contributed by atoms with Gasteiger partial charge in [0.1, 0.15) is 5.82 Å². The maximum Gasteiger partial charge on any atom is 0.318 e. The highest BCUT2D eigenvalue weighted by atomic mass is 19.1. The van der Waals surface area contributed by atoms with Crippen molar-refractivity contribution in [3.8, 4) is 0 Å². The fraction of sp³-hybridized carbons (Fsp3) is 0.632. The van der Waals surface area contributed by atoms with Crippen LogP contribution in [0, 0.1) is 5.82 Å². The fourth-order valence-electron chi connectivity index (χ4n) is 3.50. The van der Waals surface area contributed by atoms with Gasteiger partial charge in [-0.05, 0) is 39.4 Å². The van der Waals surface area contributed by atoms with Gasteiger partial charge < -0.3 is 15.1 Å². The molecule has 1 aromatic carbocycles. The van der Waals surface area contributed by atoms with E-state index in [1.807, 2.05) is 11.0 Å². The van der Waals surface area contributed by atoms with Crippen molar-refractivity contribution in [1.29, 1.82) is 0 Å². The van der Waals surface area contributed by atoms with Crippen molar-refractivity contribution in [2.75, 3.05) is 40.3 Å². The molecule has 1 aliphatic carbocycles. The third kappa shape index (κ3) is 4.50. The first-order valence-electron chi connectivity index (χ1n) is 9.21. The van der Waals surface area contributed by atoms with E-state index in [0.29, 0.717) is 24.7 Å². The zero-order valence-electron chi connectivity index (χ0n) is 15.2. The van der Waals surface area contributed by atoms with E-state index in [1.165, 1.54) is 6.07 Å². The predicted octanol–water partition coefficient (Wildman–Crippen LogP) is 2.14. The quantitative estimate of drug-likeness (QED) is 0.886. The second-order valence-corrected chi connectivity index (χ2v) is 7.39. The third-order valence-corrected chi connectivity index (χ3v) is 5.54. The molecule has 1 aromatic rings. The van der Waals surface area contributed by atoms with Crippen LogP contribution < -0.4 is 5.32 Å². The molecule has 1 aliphatic heterocycles. The lowest BCUT2D eigenvalue weighted by atomic mass is 9.91. The Kier molecular flexibility index (Phi) is 5.91. The van der Waals surface area contributed by atoms with Crippen LogP contribution in [0.5, 0.6) is 0 Å². The van der Waals surface area contributed by atoms with Crippen LogP contribution in [0.4, 0.5) is 9.18 Å². The maximum absolute atomic E-state index is 14.0. The highest BCUT2D eigenvalue weighted by molar-refractivity contribution is 5.74. The Morgan fingerprint density at radius 1 is 1.28 bits per heavy atom. The van der Waals surface area contributed by atoms with Crippen LogP contribution in [-0.4, -0.2) is 73.1 Å². The molecule has 1 saturated carbocycles. The van der Waals surface area contributed by atoms with Crippen molar-refractivity contribution in [2.45, 2.75) is 37.9 Å². The second-order valence-electron chi connectivity index (χ2n) is 7.39. The van der Waals surface area contributed by atoms with Gasteiger partial charge in [0.2, 0.25) is 0 Å². The molecule has 5 nitrogen and oxygen atoms in total. The van der Waals surface area contributed by atoms with Gasteiger partial charge >= 0.3 is 6.03 Å². The molecule has 1 N–H and O–H groups in total.